The van der Waals surface area contributed by atoms with Crippen LogP contribution in [-0.4, -0.2) is 28.4 Å². The van der Waals surface area contributed by atoms with Crippen LogP contribution in [0.5, 0.6) is 0 Å². The van der Waals surface area contributed by atoms with Crippen LogP contribution in [0.3, 0.4) is 0 Å². The highest BCUT2D eigenvalue weighted by atomic mass is 79.9. The molecule has 0 spiro atoms. The number of para-hydroxylation sites is 1. The van der Waals surface area contributed by atoms with E-state index in [2.05, 4.69) is 36.8 Å². The average Bonchev–Trinajstić information content (AvgIpc) is 2.99. The van der Waals surface area contributed by atoms with E-state index in [0.717, 1.165) is 26.9 Å². The lowest BCUT2D eigenvalue weighted by molar-refractivity contribution is -0.122. The minimum atomic E-state index is -0.522. The van der Waals surface area contributed by atoms with E-state index in [1.807, 2.05) is 56.3 Å². The maximum Gasteiger partial charge on any atom is 0.240 e. The summed E-state index contributed by atoms with van der Waals surface area (Å²) in [6.07, 6.45) is 1.67. The molecule has 1 aliphatic heterocycles. The normalized spacial score (nSPS) is 17.9. The highest BCUT2D eigenvalue weighted by molar-refractivity contribution is 9.10. The predicted octanol–water partition coefficient (Wildman–Crippen LogP) is 4.02. The summed E-state index contributed by atoms with van der Waals surface area (Å²) in [4.78, 5) is 24.5. The molecule has 0 radical (unpaired) electrons. The van der Waals surface area contributed by atoms with Gasteiger partial charge in [0.25, 0.3) is 0 Å². The second-order valence-electron chi connectivity index (χ2n) is 6.32. The number of carbonyl (C=O) groups excluding carboxylic acids is 2. The third-order valence-electron chi connectivity index (χ3n) is 4.12. The zero-order valence-electron chi connectivity index (χ0n) is 15.4. The molecule has 1 heterocycles. The molecule has 0 bridgehead atoms. The van der Waals surface area contributed by atoms with E-state index < -0.39 is 5.25 Å². The molecule has 1 saturated heterocycles. The first-order chi connectivity index (χ1) is 13.4. The summed E-state index contributed by atoms with van der Waals surface area (Å²) in [5.41, 5.74) is 3.66. The summed E-state index contributed by atoms with van der Waals surface area (Å²) in [7, 11) is 0. The molecule has 2 aromatic rings. The Morgan fingerprint density at radius 1 is 1.21 bits per heavy atom. The number of nitrogens with one attached hydrogen (secondary N) is 2. The standard InChI is InChI=1S/C20H19BrN4O2S/c1-12-4-3-5-13(2)18(12)23-17(26)10-16-19(27)24-20(28-16)25-22-11-14-6-8-15(21)9-7-14/h3-9,11,16H,10H2,1-2H3,(H,23,26)(H,24,25,27)/b22-11+/t16-/m0/s1. The Morgan fingerprint density at radius 2 is 1.89 bits per heavy atom. The summed E-state index contributed by atoms with van der Waals surface area (Å²) in [5, 5.41) is 13.5. The number of benzene rings is 2. The van der Waals surface area contributed by atoms with Gasteiger partial charge in [-0.2, -0.15) is 5.10 Å². The van der Waals surface area contributed by atoms with Gasteiger partial charge in [-0.1, -0.05) is 58.0 Å². The Kier molecular flexibility index (Phi) is 6.64. The average molecular weight is 459 g/mol. The molecule has 28 heavy (non-hydrogen) atoms. The van der Waals surface area contributed by atoms with Crippen molar-refractivity contribution in [3.8, 4) is 0 Å². The van der Waals surface area contributed by atoms with Gasteiger partial charge in [-0.15, -0.1) is 5.10 Å². The summed E-state index contributed by atoms with van der Waals surface area (Å²) in [5.74, 6) is -0.441. The van der Waals surface area contributed by atoms with Crippen molar-refractivity contribution in [2.75, 3.05) is 5.32 Å². The van der Waals surface area contributed by atoms with Crippen molar-refractivity contribution in [3.63, 3.8) is 0 Å². The highest BCUT2D eigenvalue weighted by Crippen LogP contribution is 2.24. The smallest absolute Gasteiger partial charge is 0.240 e. The molecule has 8 heteroatoms. The van der Waals surface area contributed by atoms with Gasteiger partial charge in [0.05, 0.1) is 6.21 Å². The van der Waals surface area contributed by atoms with Crippen LogP contribution < -0.4 is 10.6 Å². The molecular formula is C20H19BrN4O2S. The minimum Gasteiger partial charge on any atom is -0.326 e. The van der Waals surface area contributed by atoms with Crippen molar-refractivity contribution in [2.45, 2.75) is 25.5 Å². The molecule has 1 atom stereocenters. The quantitative estimate of drug-likeness (QED) is 0.524. The summed E-state index contributed by atoms with van der Waals surface area (Å²) in [6, 6.07) is 13.4. The Hall–Kier alpha value is -2.45. The molecule has 3 rings (SSSR count). The fourth-order valence-corrected chi connectivity index (χ4v) is 3.84. The van der Waals surface area contributed by atoms with Crippen LogP contribution in [0, 0.1) is 13.8 Å². The number of hydrogen-bond acceptors (Lipinski definition) is 5. The van der Waals surface area contributed by atoms with Crippen LogP contribution in [0.1, 0.15) is 23.1 Å². The molecule has 0 unspecified atom stereocenters. The minimum absolute atomic E-state index is 0.0692. The molecule has 0 saturated carbocycles. The van der Waals surface area contributed by atoms with Gasteiger partial charge in [-0.25, -0.2) is 0 Å². The fourth-order valence-electron chi connectivity index (χ4n) is 2.65. The first kappa shape index (κ1) is 20.3. The number of thioether (sulfide) groups is 1. The predicted molar refractivity (Wildman–Crippen MR) is 118 cm³/mol. The number of halogens is 1. The Balaban J connectivity index is 1.58. The molecule has 1 aliphatic rings. The Bertz CT molecular complexity index is 937. The number of amidine groups is 1. The Labute approximate surface area is 176 Å². The topological polar surface area (TPSA) is 82.9 Å². The maximum atomic E-state index is 12.4. The molecule has 144 valence electrons. The van der Waals surface area contributed by atoms with Crippen LogP contribution in [0.15, 0.2) is 57.1 Å². The molecule has 2 N–H and O–H groups in total. The van der Waals surface area contributed by atoms with Crippen molar-refractivity contribution in [3.05, 3.63) is 63.6 Å². The number of amides is 2. The van der Waals surface area contributed by atoms with E-state index in [1.165, 1.54) is 11.8 Å². The second-order valence-corrected chi connectivity index (χ2v) is 8.42. The highest BCUT2D eigenvalue weighted by Gasteiger charge is 2.32. The molecule has 2 amide bonds. The third-order valence-corrected chi connectivity index (χ3v) is 5.72. The molecule has 0 aliphatic carbocycles. The van der Waals surface area contributed by atoms with Crippen LogP contribution in [0.4, 0.5) is 5.69 Å². The van der Waals surface area contributed by atoms with Crippen LogP contribution in [-0.2, 0) is 9.59 Å². The zero-order valence-corrected chi connectivity index (χ0v) is 17.8. The van der Waals surface area contributed by atoms with Crippen LogP contribution >= 0.6 is 27.7 Å². The van der Waals surface area contributed by atoms with Gasteiger partial charge >= 0.3 is 0 Å². The van der Waals surface area contributed by atoms with Gasteiger partial charge < -0.3 is 10.6 Å². The monoisotopic (exact) mass is 458 g/mol. The van der Waals surface area contributed by atoms with Crippen molar-refractivity contribution in [2.24, 2.45) is 10.2 Å². The lowest BCUT2D eigenvalue weighted by atomic mass is 10.1. The number of hydrogen-bond donors (Lipinski definition) is 2. The van der Waals surface area contributed by atoms with Gasteiger partial charge in [-0.3, -0.25) is 9.59 Å². The molecule has 2 aromatic carbocycles. The van der Waals surface area contributed by atoms with E-state index in [4.69, 9.17) is 0 Å². The van der Waals surface area contributed by atoms with E-state index >= 15 is 0 Å². The van der Waals surface area contributed by atoms with Crippen molar-refractivity contribution in [1.29, 1.82) is 0 Å². The van der Waals surface area contributed by atoms with Crippen molar-refractivity contribution >= 4 is 56.6 Å². The van der Waals surface area contributed by atoms with Gasteiger partial charge in [-0.05, 0) is 42.7 Å². The molecule has 1 fully saturated rings. The van der Waals surface area contributed by atoms with Crippen LogP contribution in [0.25, 0.3) is 0 Å². The fraction of sp³-hybridized carbons (Fsp3) is 0.200. The maximum absolute atomic E-state index is 12.4. The van der Waals surface area contributed by atoms with Gasteiger partial charge in [0.1, 0.15) is 5.25 Å². The second kappa shape index (κ2) is 9.16. The molecule has 6 nitrogen and oxygen atoms in total. The number of aryl methyl sites for hydroxylation is 2. The van der Waals surface area contributed by atoms with E-state index in [9.17, 15) is 9.59 Å². The number of anilines is 1. The third kappa shape index (κ3) is 5.30. The first-order valence-corrected chi connectivity index (χ1v) is 10.3. The lowest BCUT2D eigenvalue weighted by Gasteiger charge is -2.12. The SMILES string of the molecule is Cc1cccc(C)c1NC(=O)C[C@@H]1S/C(=N/N=C/c2ccc(Br)cc2)NC1=O. The molecule has 0 aromatic heterocycles. The van der Waals surface area contributed by atoms with E-state index in [1.54, 1.807) is 6.21 Å². The summed E-state index contributed by atoms with van der Waals surface area (Å²) >= 11 is 4.58. The largest absolute Gasteiger partial charge is 0.326 e. The number of rotatable bonds is 5. The zero-order chi connectivity index (χ0) is 20.1. The van der Waals surface area contributed by atoms with Crippen LogP contribution in [0.2, 0.25) is 0 Å². The van der Waals surface area contributed by atoms with E-state index in [-0.39, 0.29) is 18.2 Å². The number of nitrogens with zero attached hydrogens (tertiary/aromatic N) is 2. The molecular weight excluding hydrogens is 440 g/mol. The number of carbonyl (C=O) groups is 2. The summed E-state index contributed by atoms with van der Waals surface area (Å²) in [6.45, 7) is 3.88. The summed E-state index contributed by atoms with van der Waals surface area (Å²) < 4.78 is 0.983. The van der Waals surface area contributed by atoms with Gasteiger partial charge in [0, 0.05) is 16.6 Å². The first-order valence-electron chi connectivity index (χ1n) is 8.62. The Morgan fingerprint density at radius 3 is 2.57 bits per heavy atom. The van der Waals surface area contributed by atoms with Gasteiger partial charge in [0.2, 0.25) is 11.8 Å². The van der Waals surface area contributed by atoms with E-state index in [0.29, 0.717) is 5.17 Å². The van der Waals surface area contributed by atoms with Crippen molar-refractivity contribution in [1.82, 2.24) is 5.32 Å². The van der Waals surface area contributed by atoms with Crippen molar-refractivity contribution < 1.29 is 9.59 Å². The van der Waals surface area contributed by atoms with Gasteiger partial charge in [0.15, 0.2) is 5.17 Å². The lowest BCUT2D eigenvalue weighted by Crippen LogP contribution is -2.28.